The predicted molar refractivity (Wildman–Crippen MR) is 168 cm³/mol. The number of ether oxygens (including phenoxy) is 1. The normalized spacial score (nSPS) is 23.8. The van der Waals surface area contributed by atoms with Gasteiger partial charge in [-0.2, -0.15) is 0 Å². The Bertz CT molecular complexity index is 1630. The van der Waals surface area contributed by atoms with Crippen LogP contribution >= 0.6 is 34.5 Å². The molecule has 1 saturated carbocycles. The number of hydrogen-bond acceptors (Lipinski definition) is 7. The van der Waals surface area contributed by atoms with E-state index in [1.165, 1.54) is 6.20 Å². The number of rotatable bonds is 9. The molecule has 2 heterocycles. The lowest BCUT2D eigenvalue weighted by atomic mass is 9.85. The summed E-state index contributed by atoms with van der Waals surface area (Å²) in [4.78, 5) is 32.4. The first kappa shape index (κ1) is 31.9. The van der Waals surface area contributed by atoms with E-state index in [2.05, 4.69) is 4.98 Å². The smallest absolute Gasteiger partial charge is 0.347 e. The van der Waals surface area contributed by atoms with Crippen LogP contribution in [-0.4, -0.2) is 57.4 Å². The molecular weight excluding hydrogens is 631 g/mol. The minimum Gasteiger partial charge on any atom is -0.477 e. The molecule has 43 heavy (non-hydrogen) atoms. The molecule has 2 aromatic carbocycles. The van der Waals surface area contributed by atoms with Crippen molar-refractivity contribution in [2.75, 3.05) is 5.75 Å². The fourth-order valence-electron chi connectivity index (χ4n) is 5.52. The van der Waals surface area contributed by atoms with Crippen LogP contribution in [0.1, 0.15) is 78.5 Å². The molecular formula is C31H34Cl2N2O6S2. The summed E-state index contributed by atoms with van der Waals surface area (Å²) in [6.07, 6.45) is 2.14. The van der Waals surface area contributed by atoms with Crippen LogP contribution < -0.4 is 0 Å². The topological polar surface area (TPSA) is 114 Å². The number of halogens is 2. The second-order valence-corrected chi connectivity index (χ2v) is 17.2. The van der Waals surface area contributed by atoms with Crippen molar-refractivity contribution >= 4 is 56.3 Å². The Labute approximate surface area is 265 Å². The number of carboxylic acids is 1. The Morgan fingerprint density at radius 3 is 2.37 bits per heavy atom. The number of amides is 1. The van der Waals surface area contributed by atoms with Gasteiger partial charge in [0.05, 0.1) is 27.7 Å². The van der Waals surface area contributed by atoms with E-state index in [4.69, 9.17) is 27.9 Å². The molecule has 0 bridgehead atoms. The van der Waals surface area contributed by atoms with Crippen LogP contribution in [0, 0.1) is 5.92 Å². The highest BCUT2D eigenvalue weighted by atomic mass is 35.5. The van der Waals surface area contributed by atoms with Crippen molar-refractivity contribution in [3.8, 4) is 0 Å². The Kier molecular flexibility index (Phi) is 8.74. The lowest BCUT2D eigenvalue weighted by molar-refractivity contribution is -0.202. The standard InChI is InChI=1S/C31H34Cl2N2O6S2/c1-30(2,3)43(39,40)17-23(18-8-9-18)35-26(19-10-12-21(32)13-11-19)27(20-6-5-7-22(33)14-20)41-31(4,29(35)38)15-25-34-16-24(42-25)28(36)37/h5-7,10-14,16,18,23,26-27H,8-9,15,17H2,1-4H3,(H,36,37)/t23-,26-,27-,31-/m1/s1. The fourth-order valence-corrected chi connectivity index (χ4v) is 8.13. The summed E-state index contributed by atoms with van der Waals surface area (Å²) in [7, 11) is -3.63. The second kappa shape index (κ2) is 11.8. The molecule has 1 aromatic heterocycles. The average Bonchev–Trinajstić information content (AvgIpc) is 3.66. The summed E-state index contributed by atoms with van der Waals surface area (Å²) in [6.45, 7) is 6.69. The molecule has 0 unspecified atom stereocenters. The molecule has 8 nitrogen and oxygen atoms in total. The summed E-state index contributed by atoms with van der Waals surface area (Å²) in [5.41, 5.74) is -0.0249. The maximum atomic E-state index is 14.8. The molecule has 230 valence electrons. The van der Waals surface area contributed by atoms with Gasteiger partial charge in [-0.15, -0.1) is 11.3 Å². The molecule has 2 fully saturated rings. The number of morpholine rings is 1. The van der Waals surface area contributed by atoms with Gasteiger partial charge in [0.25, 0.3) is 5.91 Å². The van der Waals surface area contributed by atoms with Crippen LogP contribution in [0.15, 0.2) is 54.7 Å². The number of nitrogens with zero attached hydrogens (tertiary/aromatic N) is 2. The Hall–Kier alpha value is -2.50. The molecule has 5 rings (SSSR count). The van der Waals surface area contributed by atoms with E-state index < -0.39 is 44.3 Å². The molecule has 2 aliphatic rings. The SMILES string of the molecule is CC(C)(C)S(=O)(=O)C[C@H](C1CC1)N1C(=O)[C@@](C)(Cc2ncc(C(=O)O)s2)O[C@H](c2cccc(Cl)c2)[C@H]1c1ccc(Cl)cc1. The summed E-state index contributed by atoms with van der Waals surface area (Å²) in [5, 5.41) is 10.9. The van der Waals surface area contributed by atoms with Gasteiger partial charge in [-0.1, -0.05) is 47.5 Å². The van der Waals surface area contributed by atoms with Crippen LogP contribution in [0.25, 0.3) is 0 Å². The number of aromatic nitrogens is 1. The molecule has 1 N–H and O–H groups in total. The summed E-state index contributed by atoms with van der Waals surface area (Å²) >= 11 is 13.7. The van der Waals surface area contributed by atoms with E-state index in [1.54, 1.807) is 62.9 Å². The van der Waals surface area contributed by atoms with Crippen LogP contribution in [0.5, 0.6) is 0 Å². The molecule has 12 heteroatoms. The molecule has 0 spiro atoms. The molecule has 1 amide bonds. The van der Waals surface area contributed by atoms with Gasteiger partial charge in [0.1, 0.15) is 11.0 Å². The Morgan fingerprint density at radius 1 is 1.14 bits per heavy atom. The van der Waals surface area contributed by atoms with Gasteiger partial charge in [-0.25, -0.2) is 18.2 Å². The molecule has 4 atom stereocenters. The Morgan fingerprint density at radius 2 is 1.81 bits per heavy atom. The van der Waals surface area contributed by atoms with E-state index >= 15 is 0 Å². The largest absolute Gasteiger partial charge is 0.477 e. The first-order chi connectivity index (χ1) is 20.1. The Balaban J connectivity index is 1.69. The van der Waals surface area contributed by atoms with Crippen molar-refractivity contribution < 1.29 is 27.9 Å². The number of sulfone groups is 1. The lowest BCUT2D eigenvalue weighted by Gasteiger charge is -2.52. The molecule has 1 aliphatic heterocycles. The van der Waals surface area contributed by atoms with Gasteiger partial charge < -0.3 is 14.7 Å². The number of thiazole rings is 1. The van der Waals surface area contributed by atoms with Gasteiger partial charge >= 0.3 is 5.97 Å². The van der Waals surface area contributed by atoms with Gasteiger partial charge in [-0.05, 0) is 81.8 Å². The number of carbonyl (C=O) groups excluding carboxylic acids is 1. The van der Waals surface area contributed by atoms with Crippen molar-refractivity contribution in [2.24, 2.45) is 5.92 Å². The zero-order chi connectivity index (χ0) is 31.3. The van der Waals surface area contributed by atoms with Crippen molar-refractivity contribution in [1.82, 2.24) is 9.88 Å². The number of carbonyl (C=O) groups is 2. The van der Waals surface area contributed by atoms with Crippen LogP contribution in [-0.2, 0) is 25.8 Å². The minimum atomic E-state index is -3.63. The maximum absolute atomic E-state index is 14.8. The predicted octanol–water partition coefficient (Wildman–Crippen LogP) is 6.78. The van der Waals surface area contributed by atoms with Crippen molar-refractivity contribution in [3.05, 3.63) is 85.8 Å². The summed E-state index contributed by atoms with van der Waals surface area (Å²) < 4.78 is 33.1. The van der Waals surface area contributed by atoms with Crippen LogP contribution in [0.2, 0.25) is 10.0 Å². The third kappa shape index (κ3) is 6.63. The average molecular weight is 666 g/mol. The first-order valence-electron chi connectivity index (χ1n) is 14.0. The van der Waals surface area contributed by atoms with Gasteiger partial charge in [0.15, 0.2) is 15.4 Å². The van der Waals surface area contributed by atoms with Crippen LogP contribution in [0.4, 0.5) is 0 Å². The number of carboxylic acid groups (broad SMARTS) is 1. The molecule has 1 saturated heterocycles. The lowest BCUT2D eigenvalue weighted by Crippen LogP contribution is -2.62. The minimum absolute atomic E-state index is 0.00304. The highest BCUT2D eigenvalue weighted by Crippen LogP contribution is 2.51. The summed E-state index contributed by atoms with van der Waals surface area (Å²) in [6, 6.07) is 13.0. The number of hydrogen-bond donors (Lipinski definition) is 1. The molecule has 0 radical (unpaired) electrons. The molecule has 1 aliphatic carbocycles. The van der Waals surface area contributed by atoms with Crippen molar-refractivity contribution in [2.45, 2.75) is 75.5 Å². The van der Waals surface area contributed by atoms with E-state index in [0.717, 1.165) is 35.3 Å². The van der Waals surface area contributed by atoms with Gasteiger partial charge in [0, 0.05) is 22.5 Å². The highest BCUT2D eigenvalue weighted by Gasteiger charge is 2.56. The van der Waals surface area contributed by atoms with Gasteiger partial charge in [0.2, 0.25) is 0 Å². The third-order valence-corrected chi connectivity index (χ3v) is 12.3. The second-order valence-electron chi connectivity index (χ2n) is 12.4. The zero-order valence-electron chi connectivity index (χ0n) is 24.3. The number of benzene rings is 2. The fraction of sp³-hybridized carbons (Fsp3) is 0.452. The molecule has 3 aromatic rings. The first-order valence-corrected chi connectivity index (χ1v) is 17.2. The maximum Gasteiger partial charge on any atom is 0.347 e. The zero-order valence-corrected chi connectivity index (χ0v) is 27.4. The van der Waals surface area contributed by atoms with Gasteiger partial charge in [-0.3, -0.25) is 4.79 Å². The highest BCUT2D eigenvalue weighted by molar-refractivity contribution is 7.92. The van der Waals surface area contributed by atoms with Crippen molar-refractivity contribution in [3.63, 3.8) is 0 Å². The van der Waals surface area contributed by atoms with Crippen LogP contribution in [0.3, 0.4) is 0 Å². The van der Waals surface area contributed by atoms with Crippen molar-refractivity contribution in [1.29, 1.82) is 0 Å². The monoisotopic (exact) mass is 664 g/mol. The quantitative estimate of drug-likeness (QED) is 0.268. The third-order valence-electron chi connectivity index (χ3n) is 8.15. The summed E-state index contributed by atoms with van der Waals surface area (Å²) in [5.74, 6) is -1.68. The van der Waals surface area contributed by atoms with E-state index in [-0.39, 0.29) is 28.9 Å². The van der Waals surface area contributed by atoms with E-state index in [0.29, 0.717) is 15.1 Å². The number of aromatic carboxylic acids is 1. The van der Waals surface area contributed by atoms with E-state index in [1.807, 2.05) is 18.2 Å². The van der Waals surface area contributed by atoms with E-state index in [9.17, 15) is 23.1 Å².